The van der Waals surface area contributed by atoms with Gasteiger partial charge in [0.15, 0.2) is 0 Å². The van der Waals surface area contributed by atoms with Crippen molar-refractivity contribution in [3.63, 3.8) is 0 Å². The number of nitrogens with one attached hydrogen (secondary N) is 2. The van der Waals surface area contributed by atoms with Gasteiger partial charge in [0.2, 0.25) is 0 Å². The summed E-state index contributed by atoms with van der Waals surface area (Å²) in [4.78, 5) is 29.3. The van der Waals surface area contributed by atoms with Gasteiger partial charge in [0, 0.05) is 47.7 Å². The smallest absolute Gasteiger partial charge is 0.342 e. The lowest BCUT2D eigenvalue weighted by molar-refractivity contribution is 0.102. The first-order chi connectivity index (χ1) is 17.4. The summed E-state index contributed by atoms with van der Waals surface area (Å²) in [6, 6.07) is 14.6. The summed E-state index contributed by atoms with van der Waals surface area (Å²) in [5, 5.41) is 21.6. The first-order valence-corrected chi connectivity index (χ1v) is 12.0. The van der Waals surface area contributed by atoms with Gasteiger partial charge in [-0.3, -0.25) is 9.78 Å². The molecular formula is C26H21Cl2N5O3. The van der Waals surface area contributed by atoms with Crippen molar-refractivity contribution in [1.82, 2.24) is 20.1 Å². The molecule has 1 fully saturated rings. The fourth-order valence-corrected chi connectivity index (χ4v) is 4.12. The van der Waals surface area contributed by atoms with E-state index in [0.29, 0.717) is 32.6 Å². The van der Waals surface area contributed by atoms with Crippen LogP contribution in [0, 0.1) is 0 Å². The normalized spacial score (nSPS) is 12.8. The molecule has 5 rings (SSSR count). The Morgan fingerprint density at radius 3 is 2.47 bits per heavy atom. The average molecular weight is 522 g/mol. The Labute approximate surface area is 216 Å². The Hall–Kier alpha value is -3.88. The summed E-state index contributed by atoms with van der Waals surface area (Å²) in [6.45, 7) is 0.256. The number of halogens is 2. The number of hydrogen-bond acceptors (Lipinski definition) is 5. The lowest BCUT2D eigenvalue weighted by Crippen LogP contribution is -2.30. The molecule has 3 N–H and O–H groups in total. The molecule has 0 atom stereocenters. The number of amides is 2. The monoisotopic (exact) mass is 521 g/mol. The molecule has 0 aliphatic heterocycles. The van der Waals surface area contributed by atoms with Crippen LogP contribution in [-0.4, -0.2) is 31.8 Å². The predicted molar refractivity (Wildman–Crippen MR) is 138 cm³/mol. The number of carbonyl (C=O) groups excluding carboxylic acids is 2. The molecule has 10 heteroatoms. The van der Waals surface area contributed by atoms with Crippen molar-refractivity contribution in [1.29, 1.82) is 0 Å². The van der Waals surface area contributed by atoms with Crippen molar-refractivity contribution in [2.24, 2.45) is 0 Å². The second kappa shape index (κ2) is 10.0. The largest absolute Gasteiger partial charge is 0.507 e. The van der Waals surface area contributed by atoms with Crippen LogP contribution >= 0.6 is 23.2 Å². The van der Waals surface area contributed by atoms with Crippen LogP contribution in [0.2, 0.25) is 10.0 Å². The zero-order valence-electron chi connectivity index (χ0n) is 18.9. The molecule has 0 unspecified atom stereocenters. The van der Waals surface area contributed by atoms with Gasteiger partial charge in [-0.2, -0.15) is 9.78 Å². The number of nitrogens with zero attached hydrogens (tertiary/aromatic N) is 3. The molecular weight excluding hydrogens is 501 g/mol. The molecule has 1 saturated carbocycles. The topological polar surface area (TPSA) is 109 Å². The van der Waals surface area contributed by atoms with Gasteiger partial charge in [0.05, 0.1) is 21.4 Å². The van der Waals surface area contributed by atoms with E-state index in [2.05, 4.69) is 20.7 Å². The van der Waals surface area contributed by atoms with Crippen LogP contribution in [0.25, 0.3) is 11.3 Å². The fraction of sp³-hybridized carbons (Fsp3) is 0.154. The molecule has 182 valence electrons. The number of hydrogen-bond donors (Lipinski definition) is 3. The molecule has 2 aromatic carbocycles. The Morgan fingerprint density at radius 1 is 1.00 bits per heavy atom. The highest BCUT2D eigenvalue weighted by atomic mass is 35.5. The van der Waals surface area contributed by atoms with E-state index < -0.39 is 0 Å². The van der Waals surface area contributed by atoms with E-state index >= 15 is 0 Å². The highest BCUT2D eigenvalue weighted by molar-refractivity contribution is 6.42. The molecule has 36 heavy (non-hydrogen) atoms. The maximum absolute atomic E-state index is 13.0. The number of rotatable bonds is 6. The maximum atomic E-state index is 13.0. The number of anilines is 1. The molecule has 0 spiro atoms. The van der Waals surface area contributed by atoms with Gasteiger partial charge in [-0.05, 0) is 60.9 Å². The molecule has 0 radical (unpaired) electrons. The first kappa shape index (κ1) is 23.8. The van der Waals surface area contributed by atoms with Gasteiger partial charge in [-0.25, -0.2) is 4.79 Å². The molecule has 2 amide bonds. The van der Waals surface area contributed by atoms with Gasteiger partial charge in [0.1, 0.15) is 5.75 Å². The van der Waals surface area contributed by atoms with Gasteiger partial charge in [-0.15, -0.1) is 0 Å². The number of benzene rings is 2. The van der Waals surface area contributed by atoms with E-state index in [4.69, 9.17) is 23.2 Å². The van der Waals surface area contributed by atoms with Crippen molar-refractivity contribution in [3.05, 3.63) is 93.9 Å². The van der Waals surface area contributed by atoms with Crippen LogP contribution in [0.3, 0.4) is 0 Å². The molecule has 2 heterocycles. The SMILES string of the molecule is O=C(Nc1ccc(-c2cc(C3CC3)n(C(=O)NCc3ccc(Cl)c(Cl)c3)n2)c(O)c1)c1ccncc1. The molecule has 4 aromatic rings. The van der Waals surface area contributed by atoms with E-state index in [1.165, 1.54) is 23.1 Å². The van der Waals surface area contributed by atoms with Gasteiger partial charge in [0.25, 0.3) is 5.91 Å². The third kappa shape index (κ3) is 5.19. The van der Waals surface area contributed by atoms with E-state index in [-0.39, 0.29) is 30.2 Å². The summed E-state index contributed by atoms with van der Waals surface area (Å²) in [7, 11) is 0. The van der Waals surface area contributed by atoms with Crippen LogP contribution in [0.1, 0.15) is 40.4 Å². The highest BCUT2D eigenvalue weighted by Crippen LogP contribution is 2.42. The van der Waals surface area contributed by atoms with Gasteiger partial charge in [-0.1, -0.05) is 29.3 Å². The molecule has 1 aliphatic rings. The Balaban J connectivity index is 1.34. The van der Waals surface area contributed by atoms with E-state index in [9.17, 15) is 14.7 Å². The molecule has 8 nitrogen and oxygen atoms in total. The van der Waals surface area contributed by atoms with Crippen LogP contribution < -0.4 is 10.6 Å². The Bertz CT molecular complexity index is 1450. The summed E-state index contributed by atoms with van der Waals surface area (Å²) in [5.74, 6) is -0.141. The van der Waals surface area contributed by atoms with Crippen molar-refractivity contribution >= 4 is 40.8 Å². The highest BCUT2D eigenvalue weighted by Gasteiger charge is 2.30. The van der Waals surface area contributed by atoms with E-state index in [0.717, 1.165) is 24.1 Å². The predicted octanol–water partition coefficient (Wildman–Crippen LogP) is 5.85. The summed E-state index contributed by atoms with van der Waals surface area (Å²) < 4.78 is 1.35. The zero-order valence-corrected chi connectivity index (χ0v) is 20.4. The van der Waals surface area contributed by atoms with Crippen LogP contribution in [-0.2, 0) is 6.54 Å². The average Bonchev–Trinajstić information content (AvgIpc) is 3.63. The minimum atomic E-state index is -0.380. The van der Waals surface area contributed by atoms with Crippen LogP contribution in [0.15, 0.2) is 67.0 Å². The van der Waals surface area contributed by atoms with E-state index in [1.807, 2.05) is 6.07 Å². The quantitative estimate of drug-likeness (QED) is 0.295. The number of carbonyl (C=O) groups is 2. The maximum Gasteiger partial charge on any atom is 0.342 e. The summed E-state index contributed by atoms with van der Waals surface area (Å²) in [5.41, 5.74) is 3.39. The second-order valence-electron chi connectivity index (χ2n) is 8.47. The van der Waals surface area contributed by atoms with Crippen molar-refractivity contribution in [3.8, 4) is 17.0 Å². The zero-order chi connectivity index (χ0) is 25.2. The Kier molecular flexibility index (Phi) is 6.63. The number of pyridine rings is 1. The number of aromatic hydroxyl groups is 1. The molecule has 1 aliphatic carbocycles. The summed E-state index contributed by atoms with van der Waals surface area (Å²) >= 11 is 12.0. The third-order valence-corrected chi connectivity index (χ3v) is 6.57. The second-order valence-corrected chi connectivity index (χ2v) is 9.28. The minimum absolute atomic E-state index is 0.0641. The van der Waals surface area contributed by atoms with E-state index in [1.54, 1.807) is 42.5 Å². The van der Waals surface area contributed by atoms with Gasteiger partial charge < -0.3 is 15.7 Å². The van der Waals surface area contributed by atoms with Gasteiger partial charge >= 0.3 is 6.03 Å². The lowest BCUT2D eigenvalue weighted by Gasteiger charge is -2.09. The standard InChI is InChI=1S/C26H21Cl2N5O3/c27-20-6-1-15(11-21(20)28)14-30-26(36)33-23(16-2-3-16)13-22(32-33)19-5-4-18(12-24(19)34)31-25(35)17-7-9-29-10-8-17/h1,4-13,16,34H,2-3,14H2,(H,30,36)(H,31,35). The fourth-order valence-electron chi connectivity index (χ4n) is 3.79. The first-order valence-electron chi connectivity index (χ1n) is 11.3. The molecule has 0 bridgehead atoms. The molecule has 0 saturated heterocycles. The lowest BCUT2D eigenvalue weighted by atomic mass is 10.1. The minimum Gasteiger partial charge on any atom is -0.507 e. The number of aromatic nitrogens is 3. The number of phenolic OH excluding ortho intramolecular Hbond substituents is 1. The van der Waals surface area contributed by atoms with Crippen molar-refractivity contribution in [2.45, 2.75) is 25.3 Å². The van der Waals surface area contributed by atoms with Crippen LogP contribution in [0.5, 0.6) is 5.75 Å². The van der Waals surface area contributed by atoms with Crippen molar-refractivity contribution < 1.29 is 14.7 Å². The van der Waals surface area contributed by atoms with Crippen LogP contribution in [0.4, 0.5) is 10.5 Å². The third-order valence-electron chi connectivity index (χ3n) is 5.83. The molecule has 2 aromatic heterocycles. The van der Waals surface area contributed by atoms with Crippen molar-refractivity contribution in [2.75, 3.05) is 5.32 Å². The summed E-state index contributed by atoms with van der Waals surface area (Å²) in [6.07, 6.45) is 5.00. The Morgan fingerprint density at radius 2 is 1.78 bits per heavy atom. The number of phenols is 1.